The molecule has 0 atom stereocenters. The lowest BCUT2D eigenvalue weighted by Gasteiger charge is -2.10. The van der Waals surface area contributed by atoms with Gasteiger partial charge in [0.1, 0.15) is 0 Å². The number of nitrogens with one attached hydrogen (secondary N) is 2. The van der Waals surface area contributed by atoms with Crippen molar-refractivity contribution in [3.8, 4) is 11.5 Å². The zero-order chi connectivity index (χ0) is 24.0. The molecule has 2 amide bonds. The third-order valence-corrected chi connectivity index (χ3v) is 6.05. The minimum Gasteiger partial charge on any atom is -0.493 e. The van der Waals surface area contributed by atoms with Crippen molar-refractivity contribution >= 4 is 45.7 Å². The number of amides is 2. The van der Waals surface area contributed by atoms with Crippen LogP contribution in [-0.2, 0) is 11.0 Å². The van der Waals surface area contributed by atoms with Gasteiger partial charge in [-0.1, -0.05) is 29.2 Å². The largest absolute Gasteiger partial charge is 0.493 e. The van der Waals surface area contributed by atoms with Crippen molar-refractivity contribution in [1.82, 2.24) is 10.2 Å². The SMILES string of the molecule is COc1ccc(NC(=O)CSc2nnc(NC(=O)c3cccc(C(F)(F)F)c3)s2)cc1OC. The Bertz CT molecular complexity index is 1150. The molecular weight excluding hydrogens is 481 g/mol. The molecule has 1 aromatic heterocycles. The summed E-state index contributed by atoms with van der Waals surface area (Å²) in [6.45, 7) is 0. The van der Waals surface area contributed by atoms with Gasteiger partial charge >= 0.3 is 6.18 Å². The van der Waals surface area contributed by atoms with E-state index in [9.17, 15) is 22.8 Å². The van der Waals surface area contributed by atoms with Crippen molar-refractivity contribution in [1.29, 1.82) is 0 Å². The van der Waals surface area contributed by atoms with Crippen molar-refractivity contribution in [2.24, 2.45) is 0 Å². The Hall–Kier alpha value is -3.32. The van der Waals surface area contributed by atoms with E-state index in [1.54, 1.807) is 18.2 Å². The predicted molar refractivity (Wildman–Crippen MR) is 118 cm³/mol. The highest BCUT2D eigenvalue weighted by molar-refractivity contribution is 8.01. The van der Waals surface area contributed by atoms with E-state index >= 15 is 0 Å². The molecule has 0 aliphatic carbocycles. The van der Waals surface area contributed by atoms with Crippen molar-refractivity contribution in [3.05, 3.63) is 53.6 Å². The van der Waals surface area contributed by atoms with E-state index in [-0.39, 0.29) is 22.4 Å². The van der Waals surface area contributed by atoms with Gasteiger partial charge in [0.05, 0.1) is 25.5 Å². The fourth-order valence-corrected chi connectivity index (χ4v) is 4.11. The first kappa shape index (κ1) is 24.3. The van der Waals surface area contributed by atoms with E-state index in [4.69, 9.17) is 9.47 Å². The van der Waals surface area contributed by atoms with Crippen molar-refractivity contribution < 1.29 is 32.2 Å². The molecule has 3 aromatic rings. The lowest BCUT2D eigenvalue weighted by molar-refractivity contribution is -0.137. The second kappa shape index (κ2) is 10.5. The lowest BCUT2D eigenvalue weighted by Crippen LogP contribution is -2.14. The summed E-state index contributed by atoms with van der Waals surface area (Å²) in [5.74, 6) is -0.0477. The molecule has 174 valence electrons. The van der Waals surface area contributed by atoms with Crippen LogP contribution in [-0.4, -0.2) is 42.0 Å². The molecule has 3 rings (SSSR count). The molecular formula is C20H17F3N4O4S2. The minimum absolute atomic E-state index is 0.0184. The normalized spacial score (nSPS) is 11.1. The van der Waals surface area contributed by atoms with E-state index in [1.165, 1.54) is 20.3 Å². The van der Waals surface area contributed by atoms with Gasteiger partial charge in [0, 0.05) is 17.3 Å². The molecule has 0 aliphatic heterocycles. The molecule has 8 nitrogen and oxygen atoms in total. The standard InChI is InChI=1S/C20H17F3N4O4S2/c1-30-14-7-6-13(9-15(14)31-2)24-16(28)10-32-19-27-26-18(33-19)25-17(29)11-4-3-5-12(8-11)20(21,22)23/h3-9H,10H2,1-2H3,(H,24,28)(H,25,26,29). The zero-order valence-corrected chi connectivity index (χ0v) is 18.9. The number of hydrogen-bond donors (Lipinski definition) is 2. The topological polar surface area (TPSA) is 102 Å². The molecule has 2 N–H and O–H groups in total. The van der Waals surface area contributed by atoms with Gasteiger partial charge < -0.3 is 14.8 Å². The molecule has 13 heteroatoms. The number of nitrogens with zero attached hydrogens (tertiary/aromatic N) is 2. The Kier molecular flexibility index (Phi) is 7.76. The molecule has 0 bridgehead atoms. The summed E-state index contributed by atoms with van der Waals surface area (Å²) in [5.41, 5.74) is -0.572. The van der Waals surface area contributed by atoms with Crippen molar-refractivity contribution in [2.75, 3.05) is 30.6 Å². The number of aromatic nitrogens is 2. The van der Waals surface area contributed by atoms with Crippen LogP contribution in [0.4, 0.5) is 24.0 Å². The second-order valence-electron chi connectivity index (χ2n) is 6.31. The number of carbonyl (C=O) groups is 2. The first-order valence-corrected chi connectivity index (χ1v) is 11.0. The Morgan fingerprint density at radius 2 is 1.79 bits per heavy atom. The van der Waals surface area contributed by atoms with Crippen LogP contribution in [0.1, 0.15) is 15.9 Å². The number of methoxy groups -OCH3 is 2. The number of halogens is 3. The monoisotopic (exact) mass is 498 g/mol. The summed E-state index contributed by atoms with van der Waals surface area (Å²) in [4.78, 5) is 24.5. The molecule has 0 unspecified atom stereocenters. The summed E-state index contributed by atoms with van der Waals surface area (Å²) >= 11 is 2.09. The number of ether oxygens (including phenoxy) is 2. The van der Waals surface area contributed by atoms with Gasteiger partial charge in [-0.25, -0.2) is 0 Å². The van der Waals surface area contributed by atoms with E-state index in [0.29, 0.717) is 21.5 Å². The Morgan fingerprint density at radius 1 is 1.03 bits per heavy atom. The van der Waals surface area contributed by atoms with Crippen LogP contribution in [0.5, 0.6) is 11.5 Å². The van der Waals surface area contributed by atoms with E-state index < -0.39 is 17.6 Å². The summed E-state index contributed by atoms with van der Waals surface area (Å²) in [7, 11) is 2.99. The number of alkyl halides is 3. The predicted octanol–water partition coefficient (Wildman–Crippen LogP) is 4.56. The number of rotatable bonds is 8. The van der Waals surface area contributed by atoms with Crippen LogP contribution < -0.4 is 20.1 Å². The summed E-state index contributed by atoms with van der Waals surface area (Å²) < 4.78 is 49.2. The highest BCUT2D eigenvalue weighted by atomic mass is 32.2. The fourth-order valence-electron chi connectivity index (χ4n) is 2.56. The third-order valence-electron chi connectivity index (χ3n) is 4.07. The summed E-state index contributed by atoms with van der Waals surface area (Å²) in [5, 5.41) is 12.9. The second-order valence-corrected chi connectivity index (χ2v) is 8.51. The first-order valence-electron chi connectivity index (χ1n) is 9.16. The van der Waals surface area contributed by atoms with E-state index in [1.807, 2.05) is 0 Å². The summed E-state index contributed by atoms with van der Waals surface area (Å²) in [6.07, 6.45) is -4.56. The van der Waals surface area contributed by atoms with Crippen LogP contribution in [0, 0.1) is 0 Å². The Labute approximate surface area is 194 Å². The smallest absolute Gasteiger partial charge is 0.416 e. The maximum absolute atomic E-state index is 12.8. The van der Waals surface area contributed by atoms with E-state index in [0.717, 1.165) is 41.3 Å². The Morgan fingerprint density at radius 3 is 2.48 bits per heavy atom. The molecule has 0 spiro atoms. The molecule has 1 heterocycles. The van der Waals surface area contributed by atoms with Crippen molar-refractivity contribution in [2.45, 2.75) is 10.5 Å². The van der Waals surface area contributed by atoms with Gasteiger partial charge in [-0.2, -0.15) is 13.2 Å². The average Bonchev–Trinajstić information content (AvgIpc) is 3.24. The Balaban J connectivity index is 1.55. The van der Waals surface area contributed by atoms with Crippen LogP contribution >= 0.6 is 23.1 Å². The highest BCUT2D eigenvalue weighted by Crippen LogP contribution is 2.31. The molecule has 0 radical (unpaired) electrons. The van der Waals surface area contributed by atoms with Crippen molar-refractivity contribution in [3.63, 3.8) is 0 Å². The lowest BCUT2D eigenvalue weighted by atomic mass is 10.1. The van der Waals surface area contributed by atoms with Gasteiger partial charge in [-0.3, -0.25) is 14.9 Å². The van der Waals surface area contributed by atoms with Gasteiger partial charge in [0.25, 0.3) is 5.91 Å². The minimum atomic E-state index is -4.56. The zero-order valence-electron chi connectivity index (χ0n) is 17.2. The number of carbonyl (C=O) groups excluding carboxylic acids is 2. The van der Waals surface area contributed by atoms with Crippen LogP contribution in [0.25, 0.3) is 0 Å². The molecule has 2 aromatic carbocycles. The number of anilines is 2. The maximum Gasteiger partial charge on any atom is 0.416 e. The van der Waals surface area contributed by atoms with Gasteiger partial charge in [0.15, 0.2) is 15.8 Å². The molecule has 0 saturated carbocycles. The average molecular weight is 499 g/mol. The van der Waals surface area contributed by atoms with Crippen LogP contribution in [0.2, 0.25) is 0 Å². The molecule has 0 fully saturated rings. The quantitative estimate of drug-likeness (QED) is 0.347. The molecule has 0 saturated heterocycles. The highest BCUT2D eigenvalue weighted by Gasteiger charge is 2.31. The molecule has 33 heavy (non-hydrogen) atoms. The van der Waals surface area contributed by atoms with Gasteiger partial charge in [-0.05, 0) is 30.3 Å². The van der Waals surface area contributed by atoms with E-state index in [2.05, 4.69) is 20.8 Å². The third kappa shape index (κ3) is 6.58. The van der Waals surface area contributed by atoms with Crippen LogP contribution in [0.15, 0.2) is 46.8 Å². The fraction of sp³-hybridized carbons (Fsp3) is 0.200. The maximum atomic E-state index is 12.8. The van der Waals surface area contributed by atoms with Gasteiger partial charge in [-0.15, -0.1) is 10.2 Å². The number of benzene rings is 2. The number of thioether (sulfide) groups is 1. The first-order chi connectivity index (χ1) is 15.7. The molecule has 0 aliphatic rings. The van der Waals surface area contributed by atoms with Gasteiger partial charge in [0.2, 0.25) is 11.0 Å². The summed E-state index contributed by atoms with van der Waals surface area (Å²) in [6, 6.07) is 8.99. The number of hydrogen-bond acceptors (Lipinski definition) is 8. The van der Waals surface area contributed by atoms with Crippen LogP contribution in [0.3, 0.4) is 0 Å².